The van der Waals surface area contributed by atoms with Crippen LogP contribution in [0, 0.1) is 10.1 Å². The largest absolute Gasteiger partial charge is 0.314 e. The van der Waals surface area contributed by atoms with Crippen LogP contribution in [0.3, 0.4) is 0 Å². The number of rotatable bonds is 7. The lowest BCUT2D eigenvalue weighted by Crippen LogP contribution is -2.30. The highest BCUT2D eigenvalue weighted by Crippen LogP contribution is 2.25. The van der Waals surface area contributed by atoms with Gasteiger partial charge in [-0.3, -0.25) is 10.1 Å². The number of hydrogen-bond acceptors (Lipinski definition) is 3. The van der Waals surface area contributed by atoms with E-state index < -0.39 is 0 Å². The van der Waals surface area contributed by atoms with Gasteiger partial charge in [-0.1, -0.05) is 36.4 Å². The number of nitrogens with zero attached hydrogens (tertiary/aromatic N) is 1. The molecule has 0 aliphatic heterocycles. The number of benzene rings is 2. The molecule has 132 valence electrons. The van der Waals surface area contributed by atoms with Crippen LogP contribution >= 0.6 is 0 Å². The predicted octanol–water partition coefficient (Wildman–Crippen LogP) is 4.45. The van der Waals surface area contributed by atoms with Crippen molar-refractivity contribution in [1.29, 1.82) is 0 Å². The van der Waals surface area contributed by atoms with Crippen molar-refractivity contribution in [2.75, 3.05) is 6.54 Å². The summed E-state index contributed by atoms with van der Waals surface area (Å²) in [5.41, 5.74) is 4.06. The van der Waals surface area contributed by atoms with Gasteiger partial charge in [0.25, 0.3) is 5.69 Å². The van der Waals surface area contributed by atoms with Crippen LogP contribution in [0.5, 0.6) is 0 Å². The molecule has 0 bridgehead atoms. The molecular weight excluding hydrogens is 312 g/mol. The van der Waals surface area contributed by atoms with Gasteiger partial charge in [0.1, 0.15) is 0 Å². The highest BCUT2D eigenvalue weighted by molar-refractivity contribution is 5.40. The molecule has 1 aliphatic rings. The first-order valence-corrected chi connectivity index (χ1v) is 9.26. The molecule has 2 aromatic carbocycles. The van der Waals surface area contributed by atoms with Gasteiger partial charge in [0, 0.05) is 18.2 Å². The van der Waals surface area contributed by atoms with Crippen molar-refractivity contribution < 1.29 is 4.92 Å². The minimum Gasteiger partial charge on any atom is -0.314 e. The highest BCUT2D eigenvalue weighted by Gasteiger charge is 2.18. The van der Waals surface area contributed by atoms with Crippen LogP contribution in [0.15, 0.2) is 48.5 Å². The van der Waals surface area contributed by atoms with Gasteiger partial charge in [0.2, 0.25) is 0 Å². The second-order valence-corrected chi connectivity index (χ2v) is 6.88. The van der Waals surface area contributed by atoms with Gasteiger partial charge in [-0.15, -0.1) is 0 Å². The molecule has 1 atom stereocenters. The van der Waals surface area contributed by atoms with Gasteiger partial charge >= 0.3 is 0 Å². The Bertz CT molecular complexity index is 700. The third-order valence-corrected chi connectivity index (χ3v) is 5.09. The Balaban J connectivity index is 1.41. The van der Waals surface area contributed by atoms with Gasteiger partial charge in [0.05, 0.1) is 4.92 Å². The number of non-ortho nitro benzene ring substituents is 1. The van der Waals surface area contributed by atoms with Crippen LogP contribution < -0.4 is 5.32 Å². The lowest BCUT2D eigenvalue weighted by atomic mass is 10.0. The predicted molar refractivity (Wildman–Crippen MR) is 101 cm³/mol. The normalized spacial score (nSPS) is 16.9. The number of nitro groups is 1. The topological polar surface area (TPSA) is 55.2 Å². The summed E-state index contributed by atoms with van der Waals surface area (Å²) in [7, 11) is 0. The van der Waals surface area contributed by atoms with Gasteiger partial charge in [0.15, 0.2) is 0 Å². The molecule has 4 nitrogen and oxygen atoms in total. The fourth-order valence-electron chi connectivity index (χ4n) is 3.62. The molecular formula is C21H26N2O2. The average Bonchev–Trinajstić information content (AvgIpc) is 2.84. The zero-order valence-corrected chi connectivity index (χ0v) is 14.6. The number of aryl methyl sites for hydroxylation is 3. The maximum atomic E-state index is 10.9. The Kier molecular flexibility index (Phi) is 6.18. The van der Waals surface area contributed by atoms with Crippen LogP contribution in [0.1, 0.15) is 42.4 Å². The van der Waals surface area contributed by atoms with E-state index in [0.29, 0.717) is 6.04 Å². The zero-order chi connectivity index (χ0) is 17.5. The lowest BCUT2D eigenvalue weighted by molar-refractivity contribution is -0.384. The standard InChI is InChI=1S/C21H26N2O2/c24-23(25)21-14-11-18-9-12-20(13-10-19(18)16-21)22-15-5-4-8-17-6-2-1-3-7-17/h1-3,6-7,11,14,16,20,22H,4-5,8-10,12-13,15H2. The summed E-state index contributed by atoms with van der Waals surface area (Å²) in [6.45, 7) is 1.05. The van der Waals surface area contributed by atoms with Gasteiger partial charge in [-0.05, 0) is 68.2 Å². The second-order valence-electron chi connectivity index (χ2n) is 6.88. The van der Waals surface area contributed by atoms with Crippen molar-refractivity contribution in [3.05, 3.63) is 75.3 Å². The van der Waals surface area contributed by atoms with Crippen molar-refractivity contribution in [2.24, 2.45) is 0 Å². The number of fused-ring (bicyclic) bond motifs is 1. The van der Waals surface area contributed by atoms with Crippen molar-refractivity contribution in [3.63, 3.8) is 0 Å². The van der Waals surface area contributed by atoms with E-state index in [1.165, 1.54) is 24.0 Å². The molecule has 1 N–H and O–H groups in total. The maximum absolute atomic E-state index is 10.9. The Hall–Kier alpha value is -2.20. The molecule has 0 amide bonds. The van der Waals surface area contributed by atoms with Crippen LogP contribution in [0.25, 0.3) is 0 Å². The maximum Gasteiger partial charge on any atom is 0.269 e. The summed E-state index contributed by atoms with van der Waals surface area (Å²) >= 11 is 0. The molecule has 1 aliphatic carbocycles. The molecule has 0 heterocycles. The second kappa shape index (κ2) is 8.77. The Labute approximate surface area is 149 Å². The fourth-order valence-corrected chi connectivity index (χ4v) is 3.62. The van der Waals surface area contributed by atoms with E-state index in [2.05, 4.69) is 35.6 Å². The number of nitrogens with one attached hydrogen (secondary N) is 1. The molecule has 0 spiro atoms. The number of nitro benzene ring substituents is 1. The molecule has 4 heteroatoms. The first-order valence-electron chi connectivity index (χ1n) is 9.26. The molecule has 0 aromatic heterocycles. The molecule has 3 rings (SSSR count). The molecule has 25 heavy (non-hydrogen) atoms. The summed E-state index contributed by atoms with van der Waals surface area (Å²) in [6, 6.07) is 16.5. The van der Waals surface area contributed by atoms with E-state index >= 15 is 0 Å². The van der Waals surface area contributed by atoms with Crippen LogP contribution in [0.2, 0.25) is 0 Å². The number of hydrogen-bond donors (Lipinski definition) is 1. The summed E-state index contributed by atoms with van der Waals surface area (Å²) in [6.07, 6.45) is 7.65. The van der Waals surface area contributed by atoms with Crippen LogP contribution in [0.4, 0.5) is 5.69 Å². The Morgan fingerprint density at radius 1 is 1.00 bits per heavy atom. The summed E-state index contributed by atoms with van der Waals surface area (Å²) in [5, 5.41) is 14.6. The highest BCUT2D eigenvalue weighted by atomic mass is 16.6. The monoisotopic (exact) mass is 338 g/mol. The van der Waals surface area contributed by atoms with Crippen molar-refractivity contribution in [3.8, 4) is 0 Å². The molecule has 0 saturated heterocycles. The summed E-state index contributed by atoms with van der Waals surface area (Å²) < 4.78 is 0. The van der Waals surface area contributed by atoms with Crippen molar-refractivity contribution in [2.45, 2.75) is 51.0 Å². The number of unbranched alkanes of at least 4 members (excludes halogenated alkanes) is 1. The third-order valence-electron chi connectivity index (χ3n) is 5.09. The van der Waals surface area contributed by atoms with Crippen molar-refractivity contribution in [1.82, 2.24) is 5.32 Å². The van der Waals surface area contributed by atoms with Gasteiger partial charge in [-0.25, -0.2) is 0 Å². The molecule has 2 aromatic rings. The molecule has 0 radical (unpaired) electrons. The van der Waals surface area contributed by atoms with Crippen LogP contribution in [-0.4, -0.2) is 17.5 Å². The van der Waals surface area contributed by atoms with Crippen LogP contribution in [-0.2, 0) is 19.3 Å². The summed E-state index contributed by atoms with van der Waals surface area (Å²) in [5.74, 6) is 0. The van der Waals surface area contributed by atoms with Gasteiger partial charge in [-0.2, -0.15) is 0 Å². The Morgan fingerprint density at radius 3 is 2.52 bits per heavy atom. The van der Waals surface area contributed by atoms with Gasteiger partial charge < -0.3 is 5.32 Å². The minimum atomic E-state index is -0.298. The minimum absolute atomic E-state index is 0.214. The van der Waals surface area contributed by atoms with E-state index in [1.54, 1.807) is 12.1 Å². The average molecular weight is 338 g/mol. The summed E-state index contributed by atoms with van der Waals surface area (Å²) in [4.78, 5) is 10.6. The molecule has 0 fully saturated rings. The first kappa shape index (κ1) is 17.6. The van der Waals surface area contributed by atoms with E-state index in [9.17, 15) is 10.1 Å². The SMILES string of the molecule is O=[N+]([O-])c1ccc2c(c1)CCC(NCCCCc1ccccc1)CC2. The molecule has 0 saturated carbocycles. The van der Waals surface area contributed by atoms with E-state index in [-0.39, 0.29) is 10.6 Å². The molecule has 1 unspecified atom stereocenters. The fraction of sp³-hybridized carbons (Fsp3) is 0.429. The quantitative estimate of drug-likeness (QED) is 0.351. The first-order chi connectivity index (χ1) is 12.2. The van der Waals surface area contributed by atoms with E-state index in [1.807, 2.05) is 6.07 Å². The smallest absolute Gasteiger partial charge is 0.269 e. The Morgan fingerprint density at radius 2 is 1.76 bits per heavy atom. The lowest BCUT2D eigenvalue weighted by Gasteiger charge is -2.16. The van der Waals surface area contributed by atoms with E-state index in [4.69, 9.17) is 0 Å². The van der Waals surface area contributed by atoms with Crippen molar-refractivity contribution >= 4 is 5.69 Å². The van der Waals surface area contributed by atoms with E-state index in [0.717, 1.165) is 44.2 Å². The zero-order valence-electron chi connectivity index (χ0n) is 14.6. The third kappa shape index (κ3) is 5.13.